The number of azo groups is 1. The standard InChI is InChI=1S/C19H16ClF2N5OS/c20-11-1-3-15-13(9-11)17(18(28)23-15)24-25-19(29)27-7-5-26(6-8-27)16-4-2-12(21)10-14(16)22/h1-4,9-10,23,28H,5-8H2. The van der Waals surface area contributed by atoms with Crippen molar-refractivity contribution in [2.75, 3.05) is 31.1 Å². The molecule has 1 aliphatic rings. The van der Waals surface area contributed by atoms with Gasteiger partial charge in [-0.05, 0) is 42.5 Å². The zero-order valence-electron chi connectivity index (χ0n) is 15.1. The summed E-state index contributed by atoms with van der Waals surface area (Å²) in [5.41, 5.74) is 1.30. The molecule has 6 nitrogen and oxygen atoms in total. The van der Waals surface area contributed by atoms with E-state index in [1.54, 1.807) is 18.2 Å². The maximum absolute atomic E-state index is 14.0. The van der Waals surface area contributed by atoms with Gasteiger partial charge in [0.15, 0.2) is 5.69 Å². The number of fused-ring (bicyclic) bond motifs is 1. The van der Waals surface area contributed by atoms with Crippen molar-refractivity contribution in [3.8, 4) is 5.88 Å². The van der Waals surface area contributed by atoms with Crippen molar-refractivity contribution in [1.29, 1.82) is 0 Å². The second kappa shape index (κ2) is 7.92. The van der Waals surface area contributed by atoms with Gasteiger partial charge in [0.05, 0.1) is 11.2 Å². The molecular formula is C19H16ClF2N5OS. The molecule has 2 N–H and O–H groups in total. The van der Waals surface area contributed by atoms with Crippen LogP contribution in [0.3, 0.4) is 0 Å². The number of nitrogens with one attached hydrogen (secondary N) is 1. The summed E-state index contributed by atoms with van der Waals surface area (Å²) in [7, 11) is 0. The third-order valence-electron chi connectivity index (χ3n) is 4.75. The van der Waals surface area contributed by atoms with Gasteiger partial charge in [0.1, 0.15) is 11.6 Å². The summed E-state index contributed by atoms with van der Waals surface area (Å²) in [6.45, 7) is 2.04. The molecular weight excluding hydrogens is 420 g/mol. The molecule has 3 aromatic rings. The number of H-pyrrole nitrogens is 1. The number of aromatic nitrogens is 1. The molecule has 0 unspecified atom stereocenters. The lowest BCUT2D eigenvalue weighted by Gasteiger charge is -2.36. The predicted molar refractivity (Wildman–Crippen MR) is 112 cm³/mol. The third-order valence-corrected chi connectivity index (χ3v) is 5.33. The second-order valence-corrected chi connectivity index (χ2v) is 7.37. The highest BCUT2D eigenvalue weighted by Gasteiger charge is 2.21. The minimum atomic E-state index is -0.603. The fourth-order valence-corrected chi connectivity index (χ4v) is 3.66. The van der Waals surface area contributed by atoms with Crippen molar-refractivity contribution >= 4 is 51.2 Å². The molecule has 0 spiro atoms. The van der Waals surface area contributed by atoms with E-state index in [9.17, 15) is 13.9 Å². The molecule has 0 radical (unpaired) electrons. The van der Waals surface area contributed by atoms with Gasteiger partial charge in [-0.1, -0.05) is 11.6 Å². The third kappa shape index (κ3) is 4.01. The van der Waals surface area contributed by atoms with E-state index in [-0.39, 0.29) is 16.7 Å². The average Bonchev–Trinajstić information content (AvgIpc) is 3.00. The van der Waals surface area contributed by atoms with E-state index in [1.165, 1.54) is 12.1 Å². The summed E-state index contributed by atoms with van der Waals surface area (Å²) in [5, 5.41) is 19.7. The first-order valence-corrected chi connectivity index (χ1v) is 9.62. The van der Waals surface area contributed by atoms with Crippen molar-refractivity contribution in [3.05, 3.63) is 53.1 Å². The summed E-state index contributed by atoms with van der Waals surface area (Å²) < 4.78 is 27.1. The SMILES string of the molecule is Oc1[nH]c2ccc(Cl)cc2c1N=NC(=S)N1CCN(c2ccc(F)cc2F)CC1. The van der Waals surface area contributed by atoms with Crippen LogP contribution in [0.1, 0.15) is 0 Å². The molecule has 0 bridgehead atoms. The topological polar surface area (TPSA) is 67.2 Å². The zero-order chi connectivity index (χ0) is 20.5. The molecule has 0 saturated carbocycles. The van der Waals surface area contributed by atoms with E-state index < -0.39 is 11.6 Å². The quantitative estimate of drug-likeness (QED) is 0.439. The van der Waals surface area contributed by atoms with Crippen LogP contribution in [0.5, 0.6) is 5.88 Å². The molecule has 10 heteroatoms. The lowest BCUT2D eigenvalue weighted by atomic mass is 10.2. The van der Waals surface area contributed by atoms with Crippen molar-refractivity contribution in [2.45, 2.75) is 0 Å². The number of thiocarbonyl (C=S) groups is 1. The second-order valence-electron chi connectivity index (χ2n) is 6.56. The number of nitrogens with zero attached hydrogens (tertiary/aromatic N) is 4. The van der Waals surface area contributed by atoms with Crippen molar-refractivity contribution in [1.82, 2.24) is 9.88 Å². The monoisotopic (exact) mass is 435 g/mol. The van der Waals surface area contributed by atoms with Crippen molar-refractivity contribution < 1.29 is 13.9 Å². The zero-order valence-corrected chi connectivity index (χ0v) is 16.6. The van der Waals surface area contributed by atoms with Crippen LogP contribution in [0.15, 0.2) is 46.6 Å². The summed E-state index contributed by atoms with van der Waals surface area (Å²) in [6.07, 6.45) is 0. The molecule has 1 aliphatic heterocycles. The molecule has 2 heterocycles. The largest absolute Gasteiger partial charge is 0.493 e. The first kappa shape index (κ1) is 19.5. The number of halogens is 3. The van der Waals surface area contributed by atoms with Gasteiger partial charge in [-0.3, -0.25) is 0 Å². The van der Waals surface area contributed by atoms with Crippen LogP contribution in [0.25, 0.3) is 10.9 Å². The maximum Gasteiger partial charge on any atom is 0.218 e. The van der Waals surface area contributed by atoms with Gasteiger partial charge in [-0.25, -0.2) is 8.78 Å². The molecule has 150 valence electrons. The Morgan fingerprint density at radius 2 is 1.86 bits per heavy atom. The molecule has 0 atom stereocenters. The lowest BCUT2D eigenvalue weighted by Crippen LogP contribution is -2.48. The first-order valence-electron chi connectivity index (χ1n) is 8.83. The number of aromatic amines is 1. The van der Waals surface area contributed by atoms with Crippen LogP contribution in [0.2, 0.25) is 5.02 Å². The van der Waals surface area contributed by atoms with Crippen LogP contribution < -0.4 is 4.90 Å². The number of rotatable bonds is 2. The Kier molecular flexibility index (Phi) is 5.33. The first-order chi connectivity index (χ1) is 13.9. The Hall–Kier alpha value is -2.78. The van der Waals surface area contributed by atoms with E-state index >= 15 is 0 Å². The van der Waals surface area contributed by atoms with E-state index in [2.05, 4.69) is 15.2 Å². The summed E-state index contributed by atoms with van der Waals surface area (Å²) in [6, 6.07) is 8.67. The average molecular weight is 436 g/mol. The number of anilines is 1. The Bertz CT molecular complexity index is 1110. The molecule has 0 amide bonds. The van der Waals surface area contributed by atoms with Gasteiger partial charge in [0.2, 0.25) is 11.0 Å². The Labute approximate surface area is 175 Å². The Morgan fingerprint density at radius 1 is 1.10 bits per heavy atom. The summed E-state index contributed by atoms with van der Waals surface area (Å²) in [5.74, 6) is -1.31. The van der Waals surface area contributed by atoms with Gasteiger partial charge in [0, 0.05) is 42.7 Å². The van der Waals surface area contributed by atoms with Gasteiger partial charge in [-0.15, -0.1) is 10.2 Å². The molecule has 1 aromatic heterocycles. The molecule has 1 saturated heterocycles. The number of benzene rings is 2. The van der Waals surface area contributed by atoms with Gasteiger partial charge in [-0.2, -0.15) is 0 Å². The Morgan fingerprint density at radius 3 is 2.59 bits per heavy atom. The van der Waals surface area contributed by atoms with Crippen LogP contribution in [-0.2, 0) is 0 Å². The van der Waals surface area contributed by atoms with Crippen LogP contribution in [0, 0.1) is 11.6 Å². The molecule has 29 heavy (non-hydrogen) atoms. The Balaban J connectivity index is 1.44. The molecule has 2 aromatic carbocycles. The molecule has 0 aliphatic carbocycles. The smallest absolute Gasteiger partial charge is 0.218 e. The fraction of sp³-hybridized carbons (Fsp3) is 0.211. The van der Waals surface area contributed by atoms with Crippen molar-refractivity contribution in [2.24, 2.45) is 10.2 Å². The highest BCUT2D eigenvalue weighted by atomic mass is 35.5. The number of hydrogen-bond acceptors (Lipinski definition) is 4. The van der Waals surface area contributed by atoms with Crippen LogP contribution in [0.4, 0.5) is 20.2 Å². The maximum atomic E-state index is 14.0. The molecule has 4 rings (SSSR count). The van der Waals surface area contributed by atoms with Crippen LogP contribution in [-0.4, -0.2) is 46.3 Å². The van der Waals surface area contributed by atoms with Crippen LogP contribution >= 0.6 is 23.8 Å². The predicted octanol–water partition coefficient (Wildman–Crippen LogP) is 5.00. The number of piperazine rings is 1. The minimum absolute atomic E-state index is 0.120. The van der Waals surface area contributed by atoms with Gasteiger partial charge in [0.25, 0.3) is 0 Å². The van der Waals surface area contributed by atoms with E-state index in [1.807, 2.05) is 9.80 Å². The summed E-state index contributed by atoms with van der Waals surface area (Å²) in [4.78, 5) is 6.48. The van der Waals surface area contributed by atoms with E-state index in [0.29, 0.717) is 47.8 Å². The molecule has 1 fully saturated rings. The van der Waals surface area contributed by atoms with Gasteiger partial charge < -0.3 is 19.9 Å². The fourth-order valence-electron chi connectivity index (χ4n) is 3.27. The number of hydrogen-bond donors (Lipinski definition) is 2. The van der Waals surface area contributed by atoms with E-state index in [4.69, 9.17) is 23.8 Å². The highest BCUT2D eigenvalue weighted by Crippen LogP contribution is 2.36. The van der Waals surface area contributed by atoms with Crippen molar-refractivity contribution in [3.63, 3.8) is 0 Å². The lowest BCUT2D eigenvalue weighted by molar-refractivity contribution is 0.385. The number of aromatic hydroxyl groups is 1. The van der Waals surface area contributed by atoms with Gasteiger partial charge >= 0.3 is 0 Å². The highest BCUT2D eigenvalue weighted by molar-refractivity contribution is 7.80. The summed E-state index contributed by atoms with van der Waals surface area (Å²) >= 11 is 11.4. The minimum Gasteiger partial charge on any atom is -0.493 e. The van der Waals surface area contributed by atoms with E-state index in [0.717, 1.165) is 6.07 Å². The normalized spacial score (nSPS) is 14.9.